The number of aryl methyl sites for hydroxylation is 1. The molecule has 4 heterocycles. The molecule has 9 nitrogen and oxygen atoms in total. The molecule has 38 heavy (non-hydrogen) atoms. The van der Waals surface area contributed by atoms with Crippen molar-refractivity contribution in [3.05, 3.63) is 45.9 Å². The number of hydrazine groups is 1. The van der Waals surface area contributed by atoms with Gasteiger partial charge in [0.1, 0.15) is 17.4 Å². The van der Waals surface area contributed by atoms with Gasteiger partial charge < -0.3 is 9.64 Å². The van der Waals surface area contributed by atoms with E-state index < -0.39 is 23.7 Å². The number of rotatable bonds is 7. The summed E-state index contributed by atoms with van der Waals surface area (Å²) in [6.07, 6.45) is -2.42. The number of hydrogen-bond donors (Lipinski definition) is 2. The Balaban J connectivity index is 1.16. The molecule has 2 N–H and O–H groups in total. The lowest BCUT2D eigenvalue weighted by molar-refractivity contribution is -0.137. The van der Waals surface area contributed by atoms with E-state index in [1.165, 1.54) is 40.5 Å². The Morgan fingerprint density at radius 2 is 1.95 bits per heavy atom. The molecule has 204 valence electrons. The van der Waals surface area contributed by atoms with Gasteiger partial charge in [-0.2, -0.15) is 13.2 Å². The first-order valence-corrected chi connectivity index (χ1v) is 14.4. The van der Waals surface area contributed by atoms with Crippen LogP contribution < -0.4 is 15.8 Å². The second-order valence-corrected chi connectivity index (χ2v) is 11.2. The first kappa shape index (κ1) is 28.1. The van der Waals surface area contributed by atoms with Crippen LogP contribution >= 0.6 is 34.4 Å². The van der Waals surface area contributed by atoms with Crippen LogP contribution in [0.5, 0.6) is 0 Å². The van der Waals surface area contributed by atoms with Gasteiger partial charge in [-0.1, -0.05) is 0 Å². The number of hydrogen-bond acceptors (Lipinski definition) is 10. The van der Waals surface area contributed by atoms with E-state index in [0.29, 0.717) is 43.4 Å². The van der Waals surface area contributed by atoms with E-state index in [9.17, 15) is 22.8 Å². The number of nitrogens with one attached hydrogen (secondary N) is 2. The normalized spacial score (nSPS) is 14.4. The van der Waals surface area contributed by atoms with E-state index in [0.717, 1.165) is 32.7 Å². The molecular weight excluding hydrogens is 561 g/mol. The number of aromatic nitrogens is 2. The molecule has 0 saturated carbocycles. The van der Waals surface area contributed by atoms with Crippen molar-refractivity contribution < 1.29 is 27.5 Å². The third-order valence-electron chi connectivity index (χ3n) is 5.65. The Labute approximate surface area is 229 Å². The highest BCUT2D eigenvalue weighted by Gasteiger charge is 2.31. The highest BCUT2D eigenvalue weighted by Crippen LogP contribution is 2.39. The Morgan fingerprint density at radius 1 is 1.18 bits per heavy atom. The fraction of sp³-hybridized carbons (Fsp3) is 0.391. The van der Waals surface area contributed by atoms with Crippen molar-refractivity contribution in [1.29, 1.82) is 0 Å². The summed E-state index contributed by atoms with van der Waals surface area (Å²) >= 11 is 4.36. The van der Waals surface area contributed by atoms with Gasteiger partial charge in [-0.05, 0) is 31.4 Å². The van der Waals surface area contributed by atoms with Crippen LogP contribution in [0.2, 0.25) is 0 Å². The minimum absolute atomic E-state index is 0.114. The number of thiophene rings is 1. The summed E-state index contributed by atoms with van der Waals surface area (Å²) in [6.45, 7) is 4.96. The topological polar surface area (TPSA) is 99.7 Å². The lowest BCUT2D eigenvalue weighted by atomic mass is 10.2. The number of piperazine rings is 1. The van der Waals surface area contributed by atoms with Crippen LogP contribution in [0.3, 0.4) is 0 Å². The molecule has 1 saturated heterocycles. The summed E-state index contributed by atoms with van der Waals surface area (Å²) in [5.74, 6) is 0.0445. The lowest BCUT2D eigenvalue weighted by Gasteiger charge is -2.35. The standard InChI is InChI=1S/C23H25F3N6O3S3/c1-14-13-37-20(28-14)16-11-17(38-21(16)36-2)19(33)29-30-22(34)35-10-9-31-5-7-32(8-6-31)18-4-3-15(12-27-18)23(24,25)26/h3-4,11-13H,5-10H2,1-2H3,(H,29,33)(H,30,34). The number of thiazole rings is 1. The molecule has 4 rings (SSSR count). The van der Waals surface area contributed by atoms with Gasteiger partial charge in [0.25, 0.3) is 5.91 Å². The van der Waals surface area contributed by atoms with Crippen LogP contribution in [0, 0.1) is 6.92 Å². The zero-order chi connectivity index (χ0) is 27.3. The maximum atomic E-state index is 12.7. The summed E-state index contributed by atoms with van der Waals surface area (Å²) in [4.78, 5) is 37.4. The maximum Gasteiger partial charge on any atom is 0.426 e. The van der Waals surface area contributed by atoms with Crippen molar-refractivity contribution >= 4 is 52.3 Å². The number of alkyl halides is 3. The molecule has 0 radical (unpaired) electrons. The van der Waals surface area contributed by atoms with Gasteiger partial charge in [0.05, 0.1) is 14.6 Å². The summed E-state index contributed by atoms with van der Waals surface area (Å²) in [5, 5.41) is 2.79. The van der Waals surface area contributed by atoms with Gasteiger partial charge >= 0.3 is 12.3 Å². The molecule has 0 aromatic carbocycles. The van der Waals surface area contributed by atoms with Gasteiger partial charge in [0, 0.05) is 55.6 Å². The summed E-state index contributed by atoms with van der Waals surface area (Å²) in [7, 11) is 0. The number of nitrogens with zero attached hydrogens (tertiary/aromatic N) is 4. The third-order valence-corrected chi connectivity index (χ3v) is 8.91. The molecule has 0 atom stereocenters. The predicted octanol–water partition coefficient (Wildman–Crippen LogP) is 4.51. The van der Waals surface area contributed by atoms with Crippen LogP contribution in [0.1, 0.15) is 20.9 Å². The van der Waals surface area contributed by atoms with Crippen molar-refractivity contribution in [3.63, 3.8) is 0 Å². The summed E-state index contributed by atoms with van der Waals surface area (Å²) in [6, 6.07) is 4.16. The molecule has 0 unspecified atom stereocenters. The smallest absolute Gasteiger partial charge is 0.426 e. The van der Waals surface area contributed by atoms with E-state index >= 15 is 0 Å². The average Bonchev–Trinajstić information content (AvgIpc) is 3.53. The minimum Gasteiger partial charge on any atom is -0.447 e. The van der Waals surface area contributed by atoms with Gasteiger partial charge in [0.15, 0.2) is 0 Å². The van der Waals surface area contributed by atoms with Crippen LogP contribution in [-0.2, 0) is 10.9 Å². The zero-order valence-electron chi connectivity index (χ0n) is 20.5. The van der Waals surface area contributed by atoms with Crippen LogP contribution in [0.4, 0.5) is 23.8 Å². The Morgan fingerprint density at radius 3 is 2.55 bits per heavy atom. The van der Waals surface area contributed by atoms with Crippen LogP contribution in [0.15, 0.2) is 34.0 Å². The number of carbonyl (C=O) groups excluding carboxylic acids is 2. The number of anilines is 1. The highest BCUT2D eigenvalue weighted by molar-refractivity contribution is 8.00. The summed E-state index contributed by atoms with van der Waals surface area (Å²) in [5.41, 5.74) is 5.66. The number of carbonyl (C=O) groups is 2. The minimum atomic E-state index is -4.41. The molecule has 1 aliphatic rings. The summed E-state index contributed by atoms with van der Waals surface area (Å²) < 4.78 is 44.3. The first-order valence-electron chi connectivity index (χ1n) is 11.5. The third kappa shape index (κ3) is 7.15. The molecule has 2 amide bonds. The van der Waals surface area contributed by atoms with E-state index in [1.54, 1.807) is 6.07 Å². The molecule has 1 aliphatic heterocycles. The van der Waals surface area contributed by atoms with Crippen molar-refractivity contribution in [2.75, 3.05) is 50.5 Å². The molecule has 3 aromatic rings. The fourth-order valence-corrected chi connectivity index (χ4v) is 6.39. The average molecular weight is 587 g/mol. The van der Waals surface area contributed by atoms with Crippen molar-refractivity contribution in [1.82, 2.24) is 25.7 Å². The zero-order valence-corrected chi connectivity index (χ0v) is 23.0. The van der Waals surface area contributed by atoms with Crippen LogP contribution in [0.25, 0.3) is 10.6 Å². The SMILES string of the molecule is CSc1sc(C(=O)NNC(=O)OCCN2CCN(c3ccc(C(F)(F)F)cn3)CC2)cc1-c1nc(C)cs1. The molecule has 0 spiro atoms. The van der Waals surface area contributed by atoms with Gasteiger partial charge in [-0.3, -0.25) is 15.1 Å². The number of pyridine rings is 1. The van der Waals surface area contributed by atoms with Crippen molar-refractivity contribution in [2.45, 2.75) is 17.3 Å². The molecule has 0 aliphatic carbocycles. The van der Waals surface area contributed by atoms with Gasteiger partial charge in [-0.15, -0.1) is 34.4 Å². The van der Waals surface area contributed by atoms with Gasteiger partial charge in [0.2, 0.25) is 0 Å². The molecule has 0 bridgehead atoms. The Bertz CT molecular complexity index is 1260. The molecular formula is C23H25F3N6O3S3. The maximum absolute atomic E-state index is 12.7. The second-order valence-electron chi connectivity index (χ2n) is 8.26. The fourth-order valence-electron chi connectivity index (χ4n) is 3.68. The second kappa shape index (κ2) is 12.3. The largest absolute Gasteiger partial charge is 0.447 e. The number of thioether (sulfide) groups is 1. The Hall–Kier alpha value is -2.88. The van der Waals surface area contributed by atoms with E-state index in [-0.39, 0.29) is 6.61 Å². The van der Waals surface area contributed by atoms with E-state index in [2.05, 4.69) is 25.7 Å². The highest BCUT2D eigenvalue weighted by atomic mass is 32.2. The Kier molecular flexibility index (Phi) is 9.12. The molecule has 3 aromatic heterocycles. The predicted molar refractivity (Wildman–Crippen MR) is 142 cm³/mol. The van der Waals surface area contributed by atoms with E-state index in [4.69, 9.17) is 4.74 Å². The lowest BCUT2D eigenvalue weighted by Crippen LogP contribution is -2.48. The first-order chi connectivity index (χ1) is 18.1. The van der Waals surface area contributed by atoms with Crippen molar-refractivity contribution in [3.8, 4) is 10.6 Å². The monoisotopic (exact) mass is 586 g/mol. The number of amides is 2. The van der Waals surface area contributed by atoms with E-state index in [1.807, 2.05) is 23.5 Å². The van der Waals surface area contributed by atoms with Crippen molar-refractivity contribution in [2.24, 2.45) is 0 Å². The molecule has 1 fully saturated rings. The number of ether oxygens (including phenoxy) is 1. The van der Waals surface area contributed by atoms with Gasteiger partial charge in [-0.25, -0.2) is 20.2 Å². The molecule has 15 heteroatoms. The van der Waals surface area contributed by atoms with Crippen LogP contribution in [-0.4, -0.2) is 72.5 Å². The number of halogens is 3. The quantitative estimate of drug-likeness (QED) is 0.308.